The van der Waals surface area contributed by atoms with Crippen molar-refractivity contribution in [2.45, 2.75) is 12.8 Å². The number of benzene rings is 1. The average molecular weight is 273 g/mol. The molecule has 1 aromatic carbocycles. The van der Waals surface area contributed by atoms with Gasteiger partial charge in [-0.2, -0.15) is 13.2 Å². The molecule has 8 heteroatoms. The highest BCUT2D eigenvalue weighted by atomic mass is 19.4. The van der Waals surface area contributed by atoms with Crippen molar-refractivity contribution in [3.05, 3.63) is 44.6 Å². The van der Waals surface area contributed by atoms with Gasteiger partial charge in [-0.25, -0.2) is 9.36 Å². The largest absolute Gasteiger partial charge is 0.418 e. The molecule has 0 bridgehead atoms. The van der Waals surface area contributed by atoms with Gasteiger partial charge in [0, 0.05) is 7.05 Å². The van der Waals surface area contributed by atoms with Gasteiger partial charge in [-0.1, -0.05) is 6.07 Å². The minimum Gasteiger partial charge on any atom is -0.313 e. The molecular weight excluding hydrogens is 263 g/mol. The van der Waals surface area contributed by atoms with Crippen molar-refractivity contribution in [3.8, 4) is 0 Å². The van der Waals surface area contributed by atoms with Crippen LogP contribution in [0.15, 0.2) is 27.8 Å². The quantitative estimate of drug-likeness (QED) is 0.828. The fourth-order valence-electron chi connectivity index (χ4n) is 1.98. The molecule has 1 heterocycles. The molecule has 0 aliphatic rings. The molecule has 0 saturated heterocycles. The Bertz CT molecular complexity index is 759. The topological polar surface area (TPSA) is 70.0 Å². The smallest absolute Gasteiger partial charge is 0.313 e. The number of nitrogens with zero attached hydrogens (tertiary/aromatic N) is 2. The summed E-state index contributed by atoms with van der Waals surface area (Å²) in [4.78, 5) is 23.7. The summed E-state index contributed by atoms with van der Waals surface area (Å²) in [6.07, 6.45) is -4.65. The number of hydrogen-bond acceptors (Lipinski definition) is 3. The number of aryl methyl sites for hydroxylation is 1. The van der Waals surface area contributed by atoms with E-state index in [1.165, 1.54) is 13.1 Å². The maximum Gasteiger partial charge on any atom is 0.418 e. The van der Waals surface area contributed by atoms with E-state index in [0.717, 1.165) is 16.7 Å². The summed E-state index contributed by atoms with van der Waals surface area (Å²) >= 11 is 0. The monoisotopic (exact) mass is 273 g/mol. The number of halogens is 3. The van der Waals surface area contributed by atoms with E-state index in [9.17, 15) is 22.8 Å². The summed E-state index contributed by atoms with van der Waals surface area (Å²) in [5.41, 5.74) is 2.10. The second-order valence-corrected chi connectivity index (χ2v) is 3.96. The van der Waals surface area contributed by atoms with Crippen molar-refractivity contribution >= 4 is 10.9 Å². The van der Waals surface area contributed by atoms with Gasteiger partial charge in [-0.3, -0.25) is 9.36 Å². The Labute approximate surface area is 104 Å². The zero-order chi connectivity index (χ0) is 14.4. The molecule has 0 aliphatic heterocycles. The first-order valence-electron chi connectivity index (χ1n) is 5.29. The molecule has 2 aromatic rings. The highest BCUT2D eigenvalue weighted by Gasteiger charge is 2.34. The summed E-state index contributed by atoms with van der Waals surface area (Å²) in [5.74, 6) is 0. The molecule has 102 valence electrons. The maximum atomic E-state index is 12.9. The van der Waals surface area contributed by atoms with Crippen molar-refractivity contribution in [2.24, 2.45) is 12.8 Å². The third-order valence-corrected chi connectivity index (χ3v) is 2.85. The zero-order valence-electron chi connectivity index (χ0n) is 9.86. The van der Waals surface area contributed by atoms with Gasteiger partial charge >= 0.3 is 11.9 Å². The standard InChI is InChI=1S/C11H10F3N3O2/c1-16-8-6(9(18)17(5-15)10(16)19)3-2-4-7(8)11(12,13)14/h2-4H,5,15H2,1H3. The molecule has 1 aromatic heterocycles. The molecule has 0 saturated carbocycles. The first-order chi connectivity index (χ1) is 8.79. The zero-order valence-corrected chi connectivity index (χ0v) is 9.86. The van der Waals surface area contributed by atoms with Gasteiger partial charge in [-0.05, 0) is 12.1 Å². The van der Waals surface area contributed by atoms with Gasteiger partial charge < -0.3 is 5.73 Å². The highest BCUT2D eigenvalue weighted by Crippen LogP contribution is 2.33. The van der Waals surface area contributed by atoms with Crippen LogP contribution in [0.5, 0.6) is 0 Å². The van der Waals surface area contributed by atoms with Crippen LogP contribution in [0, 0.1) is 0 Å². The number of aromatic nitrogens is 2. The van der Waals surface area contributed by atoms with Crippen molar-refractivity contribution in [1.82, 2.24) is 9.13 Å². The van der Waals surface area contributed by atoms with E-state index in [4.69, 9.17) is 5.73 Å². The van der Waals surface area contributed by atoms with E-state index in [2.05, 4.69) is 0 Å². The van der Waals surface area contributed by atoms with Gasteiger partial charge in [0.1, 0.15) is 0 Å². The molecule has 0 fully saturated rings. The number of alkyl halides is 3. The average Bonchev–Trinajstić information content (AvgIpc) is 2.35. The van der Waals surface area contributed by atoms with E-state index in [-0.39, 0.29) is 5.39 Å². The summed E-state index contributed by atoms with van der Waals surface area (Å²) in [5, 5.41) is -0.192. The van der Waals surface area contributed by atoms with Crippen molar-refractivity contribution in [1.29, 1.82) is 0 Å². The molecule has 19 heavy (non-hydrogen) atoms. The van der Waals surface area contributed by atoms with Crippen LogP contribution in [0.3, 0.4) is 0 Å². The molecule has 0 radical (unpaired) electrons. The van der Waals surface area contributed by atoms with Crippen LogP contribution in [0.1, 0.15) is 5.56 Å². The van der Waals surface area contributed by atoms with Gasteiger partial charge in [0.15, 0.2) is 0 Å². The lowest BCUT2D eigenvalue weighted by Gasteiger charge is -2.14. The Morgan fingerprint density at radius 2 is 1.89 bits per heavy atom. The van der Waals surface area contributed by atoms with Crippen molar-refractivity contribution in [3.63, 3.8) is 0 Å². The van der Waals surface area contributed by atoms with Gasteiger partial charge in [0.25, 0.3) is 5.56 Å². The molecule has 0 atom stereocenters. The van der Waals surface area contributed by atoms with Crippen LogP contribution in [0.2, 0.25) is 0 Å². The Balaban J connectivity index is 3.10. The fourth-order valence-corrected chi connectivity index (χ4v) is 1.98. The number of rotatable bonds is 1. The first-order valence-corrected chi connectivity index (χ1v) is 5.29. The van der Waals surface area contributed by atoms with Crippen molar-refractivity contribution < 1.29 is 13.2 Å². The molecule has 0 aliphatic carbocycles. The summed E-state index contributed by atoms with van der Waals surface area (Å²) in [6, 6.07) is 3.18. The Morgan fingerprint density at radius 1 is 1.26 bits per heavy atom. The Kier molecular flexibility index (Phi) is 2.97. The fraction of sp³-hybridized carbons (Fsp3) is 0.273. The third kappa shape index (κ3) is 1.93. The predicted octanol–water partition coefficient (Wildman–Crippen LogP) is 0.635. The van der Waals surface area contributed by atoms with Crippen LogP contribution in [0.4, 0.5) is 13.2 Å². The van der Waals surface area contributed by atoms with Gasteiger partial charge in [0.2, 0.25) is 0 Å². The van der Waals surface area contributed by atoms with E-state index >= 15 is 0 Å². The number of fused-ring (bicyclic) bond motifs is 1. The van der Waals surface area contributed by atoms with E-state index < -0.39 is 35.2 Å². The van der Waals surface area contributed by atoms with E-state index in [1.54, 1.807) is 0 Å². The second-order valence-electron chi connectivity index (χ2n) is 3.96. The summed E-state index contributed by atoms with van der Waals surface area (Å²) in [6.45, 7) is -0.391. The number of hydrogen-bond donors (Lipinski definition) is 1. The van der Waals surface area contributed by atoms with Crippen LogP contribution >= 0.6 is 0 Å². The Morgan fingerprint density at radius 3 is 2.42 bits per heavy atom. The summed E-state index contributed by atoms with van der Waals surface area (Å²) in [7, 11) is 1.17. The van der Waals surface area contributed by atoms with Gasteiger partial charge in [-0.15, -0.1) is 0 Å². The van der Waals surface area contributed by atoms with Crippen LogP contribution in [0.25, 0.3) is 10.9 Å². The minimum atomic E-state index is -4.65. The minimum absolute atomic E-state index is 0.192. The van der Waals surface area contributed by atoms with E-state index in [0.29, 0.717) is 4.57 Å². The maximum absolute atomic E-state index is 12.9. The van der Waals surface area contributed by atoms with Crippen LogP contribution in [-0.2, 0) is 19.9 Å². The number of nitrogens with two attached hydrogens (primary N) is 1. The lowest BCUT2D eigenvalue weighted by molar-refractivity contribution is -0.136. The predicted molar refractivity (Wildman–Crippen MR) is 62.6 cm³/mol. The lowest BCUT2D eigenvalue weighted by atomic mass is 10.1. The Hall–Kier alpha value is -2.09. The van der Waals surface area contributed by atoms with Gasteiger partial charge in [0.05, 0.1) is 23.1 Å². The van der Waals surface area contributed by atoms with Crippen LogP contribution in [-0.4, -0.2) is 9.13 Å². The van der Waals surface area contributed by atoms with E-state index in [1.807, 2.05) is 0 Å². The number of para-hydroxylation sites is 1. The third-order valence-electron chi connectivity index (χ3n) is 2.85. The molecular formula is C11H10F3N3O2. The molecule has 5 nitrogen and oxygen atoms in total. The molecule has 2 N–H and O–H groups in total. The molecule has 0 amide bonds. The summed E-state index contributed by atoms with van der Waals surface area (Å²) < 4.78 is 40.2. The molecule has 0 spiro atoms. The molecule has 0 unspecified atom stereocenters. The normalized spacial score (nSPS) is 12.1. The first kappa shape index (κ1) is 13.3. The van der Waals surface area contributed by atoms with Crippen LogP contribution < -0.4 is 17.0 Å². The SMILES string of the molecule is Cn1c(=O)n(CN)c(=O)c2cccc(C(F)(F)F)c21. The second kappa shape index (κ2) is 4.23. The lowest BCUT2D eigenvalue weighted by Crippen LogP contribution is -2.41. The molecule has 2 rings (SSSR count). The van der Waals surface area contributed by atoms with Crippen molar-refractivity contribution in [2.75, 3.05) is 0 Å². The highest BCUT2D eigenvalue weighted by molar-refractivity contribution is 5.81.